The first kappa shape index (κ1) is 31.3. The average Bonchev–Trinajstić information content (AvgIpc) is 2.96. The molecule has 43 heavy (non-hydrogen) atoms. The fourth-order valence-electron chi connectivity index (χ4n) is 6.73. The lowest BCUT2D eigenvalue weighted by Crippen LogP contribution is -2.23. The SMILES string of the molecule is CCc1cc(F)c(CCC2CCc3c(F)c(C4CCC(c5ccc(OC(F)(F)F)c(F)c5)CC4)c(F)c(F)c3C2)c(F)c1. The summed E-state index contributed by atoms with van der Waals surface area (Å²) in [7, 11) is 0. The molecule has 0 spiro atoms. The fraction of sp³-hybridized carbons (Fsp3) is 0.455. The van der Waals surface area contributed by atoms with Crippen molar-refractivity contribution >= 4 is 0 Å². The number of rotatable bonds is 7. The number of alkyl halides is 3. The summed E-state index contributed by atoms with van der Waals surface area (Å²) in [6.45, 7) is 1.79. The van der Waals surface area contributed by atoms with Crippen LogP contribution in [0.15, 0.2) is 30.3 Å². The van der Waals surface area contributed by atoms with Gasteiger partial charge in [0.25, 0.3) is 0 Å². The highest BCUT2D eigenvalue weighted by molar-refractivity contribution is 5.41. The van der Waals surface area contributed by atoms with Crippen LogP contribution >= 0.6 is 0 Å². The lowest BCUT2D eigenvalue weighted by molar-refractivity contribution is -0.275. The molecular weight excluding hydrogens is 583 g/mol. The smallest absolute Gasteiger partial charge is 0.403 e. The highest BCUT2D eigenvalue weighted by Crippen LogP contribution is 2.45. The number of fused-ring (bicyclic) bond motifs is 1. The number of benzene rings is 3. The molecule has 0 heterocycles. The van der Waals surface area contributed by atoms with Crippen LogP contribution in [0.3, 0.4) is 0 Å². The number of halogens is 9. The molecule has 2 aliphatic carbocycles. The summed E-state index contributed by atoms with van der Waals surface area (Å²) in [6, 6.07) is 5.83. The maximum atomic E-state index is 15.7. The minimum atomic E-state index is -5.03. The molecule has 10 heteroatoms. The van der Waals surface area contributed by atoms with Crippen molar-refractivity contribution in [2.75, 3.05) is 0 Å². The maximum absolute atomic E-state index is 15.7. The van der Waals surface area contributed by atoms with E-state index in [4.69, 9.17) is 0 Å². The van der Waals surface area contributed by atoms with Crippen LogP contribution in [-0.2, 0) is 25.7 Å². The molecule has 1 saturated carbocycles. The predicted octanol–water partition coefficient (Wildman–Crippen LogP) is 10.2. The second-order valence-corrected chi connectivity index (χ2v) is 11.6. The van der Waals surface area contributed by atoms with E-state index in [1.807, 2.05) is 0 Å². The van der Waals surface area contributed by atoms with E-state index in [1.54, 1.807) is 6.92 Å². The Morgan fingerprint density at radius 3 is 2.00 bits per heavy atom. The molecule has 232 valence electrons. The minimum absolute atomic E-state index is 0.0254. The zero-order chi connectivity index (χ0) is 31.1. The Kier molecular flexibility index (Phi) is 9.05. The highest BCUT2D eigenvalue weighted by atomic mass is 19.4. The summed E-state index contributed by atoms with van der Waals surface area (Å²) in [5, 5.41) is 0. The molecule has 3 aromatic rings. The van der Waals surface area contributed by atoms with Gasteiger partial charge in [-0.25, -0.2) is 26.3 Å². The molecule has 0 aromatic heterocycles. The Bertz CT molecular complexity index is 1470. The lowest BCUT2D eigenvalue weighted by Gasteiger charge is -2.32. The molecule has 0 bridgehead atoms. The van der Waals surface area contributed by atoms with Crippen molar-refractivity contribution in [2.45, 2.75) is 89.3 Å². The molecule has 0 radical (unpaired) electrons. The monoisotopic (exact) mass is 614 g/mol. The zero-order valence-corrected chi connectivity index (χ0v) is 23.5. The molecule has 3 aromatic carbocycles. The second-order valence-electron chi connectivity index (χ2n) is 11.6. The normalized spacial score (nSPS) is 20.7. The number of hydrogen-bond acceptors (Lipinski definition) is 1. The van der Waals surface area contributed by atoms with Crippen LogP contribution in [0.4, 0.5) is 39.5 Å². The molecule has 2 aliphatic rings. The minimum Gasteiger partial charge on any atom is -0.403 e. The van der Waals surface area contributed by atoms with Gasteiger partial charge in [0, 0.05) is 11.1 Å². The fourth-order valence-corrected chi connectivity index (χ4v) is 6.73. The van der Waals surface area contributed by atoms with Gasteiger partial charge < -0.3 is 4.74 Å². The van der Waals surface area contributed by atoms with Crippen LogP contribution in [0.25, 0.3) is 0 Å². The molecule has 5 rings (SSSR count). The van der Waals surface area contributed by atoms with E-state index in [0.717, 1.165) is 12.1 Å². The quantitative estimate of drug-likeness (QED) is 0.190. The van der Waals surface area contributed by atoms with Crippen LogP contribution in [0.1, 0.15) is 90.7 Å². The summed E-state index contributed by atoms with van der Waals surface area (Å²) < 4.78 is 131. The summed E-state index contributed by atoms with van der Waals surface area (Å²) in [6.07, 6.45) is -2.04. The maximum Gasteiger partial charge on any atom is 0.573 e. The van der Waals surface area contributed by atoms with Gasteiger partial charge in [-0.05, 0) is 128 Å². The van der Waals surface area contributed by atoms with Gasteiger partial charge in [0.15, 0.2) is 23.2 Å². The van der Waals surface area contributed by atoms with Crippen molar-refractivity contribution < 1.29 is 44.3 Å². The summed E-state index contributed by atoms with van der Waals surface area (Å²) in [5.41, 5.74) is 0.774. The summed E-state index contributed by atoms with van der Waals surface area (Å²) >= 11 is 0. The van der Waals surface area contributed by atoms with E-state index in [1.165, 1.54) is 18.2 Å². The summed E-state index contributed by atoms with van der Waals surface area (Å²) in [4.78, 5) is 0. The highest BCUT2D eigenvalue weighted by Gasteiger charge is 2.36. The van der Waals surface area contributed by atoms with Crippen molar-refractivity contribution in [1.29, 1.82) is 0 Å². The molecule has 1 atom stereocenters. The van der Waals surface area contributed by atoms with Gasteiger partial charge >= 0.3 is 6.36 Å². The predicted molar refractivity (Wildman–Crippen MR) is 143 cm³/mol. The topological polar surface area (TPSA) is 9.23 Å². The van der Waals surface area contributed by atoms with E-state index in [-0.39, 0.29) is 66.2 Å². The van der Waals surface area contributed by atoms with Crippen LogP contribution in [0.5, 0.6) is 5.75 Å². The molecule has 1 unspecified atom stereocenters. The summed E-state index contributed by atoms with van der Waals surface area (Å²) in [5.74, 6) is -7.49. The van der Waals surface area contributed by atoms with Crippen LogP contribution < -0.4 is 4.74 Å². The third-order valence-corrected chi connectivity index (χ3v) is 9.06. The van der Waals surface area contributed by atoms with Gasteiger partial charge in [0.2, 0.25) is 0 Å². The lowest BCUT2D eigenvalue weighted by atomic mass is 9.73. The van der Waals surface area contributed by atoms with Gasteiger partial charge in [-0.15, -0.1) is 13.2 Å². The van der Waals surface area contributed by atoms with Gasteiger partial charge in [-0.3, -0.25) is 0 Å². The Balaban J connectivity index is 1.26. The largest absolute Gasteiger partial charge is 0.573 e. The van der Waals surface area contributed by atoms with Crippen molar-refractivity contribution in [3.05, 3.63) is 98.6 Å². The Labute approximate surface area is 244 Å². The first-order chi connectivity index (χ1) is 20.4. The molecular formula is C33H31F9O. The number of ether oxygens (including phenoxy) is 1. The Hall–Kier alpha value is -3.17. The van der Waals surface area contributed by atoms with Crippen LogP contribution in [0, 0.1) is 40.8 Å². The van der Waals surface area contributed by atoms with Gasteiger partial charge in [-0.1, -0.05) is 13.0 Å². The average molecular weight is 615 g/mol. The molecule has 0 amide bonds. The first-order valence-electron chi connectivity index (χ1n) is 14.6. The van der Waals surface area contributed by atoms with Crippen molar-refractivity contribution in [2.24, 2.45) is 5.92 Å². The van der Waals surface area contributed by atoms with Gasteiger partial charge in [-0.2, -0.15) is 0 Å². The van der Waals surface area contributed by atoms with E-state index in [9.17, 15) is 26.3 Å². The van der Waals surface area contributed by atoms with Crippen molar-refractivity contribution in [3.8, 4) is 5.75 Å². The first-order valence-corrected chi connectivity index (χ1v) is 14.6. The molecule has 0 aliphatic heterocycles. The number of aryl methyl sites for hydroxylation is 1. The Morgan fingerprint density at radius 1 is 0.744 bits per heavy atom. The standard InChI is InChI=1S/C33H31F9O/c1-2-17-14-25(34)23(26(35)15-17)11-4-18-3-10-22-24(13-18)31(38)32(39)29(30(22)37)20-7-5-19(6-8-20)21-9-12-28(27(36)16-21)43-33(40,41)42/h9,12,14-16,18-20H,2-8,10-11,13H2,1H3. The third-order valence-electron chi connectivity index (χ3n) is 9.06. The number of hydrogen-bond donors (Lipinski definition) is 0. The van der Waals surface area contributed by atoms with Gasteiger partial charge in [0.1, 0.15) is 17.5 Å². The molecule has 1 nitrogen and oxygen atoms in total. The van der Waals surface area contributed by atoms with Crippen molar-refractivity contribution in [1.82, 2.24) is 0 Å². The molecule has 0 N–H and O–H groups in total. The van der Waals surface area contributed by atoms with E-state index < -0.39 is 52.9 Å². The van der Waals surface area contributed by atoms with E-state index >= 15 is 13.2 Å². The molecule has 0 saturated heterocycles. The van der Waals surface area contributed by atoms with Gasteiger partial charge in [0.05, 0.1) is 0 Å². The molecule has 1 fully saturated rings. The van der Waals surface area contributed by atoms with E-state index in [2.05, 4.69) is 4.74 Å². The van der Waals surface area contributed by atoms with Crippen LogP contribution in [0.2, 0.25) is 0 Å². The van der Waals surface area contributed by atoms with E-state index in [0.29, 0.717) is 43.2 Å². The second kappa shape index (κ2) is 12.4. The zero-order valence-electron chi connectivity index (χ0n) is 23.5. The van der Waals surface area contributed by atoms with Crippen LogP contribution in [-0.4, -0.2) is 6.36 Å². The Morgan fingerprint density at radius 2 is 1.40 bits per heavy atom. The third kappa shape index (κ3) is 6.68. The van der Waals surface area contributed by atoms with Crippen molar-refractivity contribution in [3.63, 3.8) is 0 Å².